The molecule has 2 aromatic rings. The Kier molecular flexibility index (Phi) is 6.02. The van der Waals surface area contributed by atoms with Crippen LogP contribution in [0.15, 0.2) is 36.4 Å². The first-order valence-corrected chi connectivity index (χ1v) is 9.85. The lowest BCUT2D eigenvalue weighted by Gasteiger charge is -2.20. The summed E-state index contributed by atoms with van der Waals surface area (Å²) in [5.41, 5.74) is 4.91. The van der Waals surface area contributed by atoms with Gasteiger partial charge in [-0.05, 0) is 48.6 Å². The molecule has 2 aromatic carbocycles. The van der Waals surface area contributed by atoms with Gasteiger partial charge in [-0.1, -0.05) is 38.1 Å². The summed E-state index contributed by atoms with van der Waals surface area (Å²) in [6.07, 6.45) is 1.90. The predicted molar refractivity (Wildman–Crippen MR) is 112 cm³/mol. The van der Waals surface area contributed by atoms with Crippen molar-refractivity contribution in [2.75, 3.05) is 23.9 Å². The highest BCUT2D eigenvalue weighted by atomic mass is 16.5. The van der Waals surface area contributed by atoms with Crippen molar-refractivity contribution in [3.8, 4) is 5.75 Å². The molecule has 1 unspecified atom stereocenters. The number of aryl methyl sites for hydroxylation is 3. The fraction of sp³-hybridized carbons (Fsp3) is 0.391. The molecule has 5 nitrogen and oxygen atoms in total. The lowest BCUT2D eigenvalue weighted by atomic mass is 10.0. The smallest absolute Gasteiger partial charge is 0.229 e. The van der Waals surface area contributed by atoms with E-state index in [4.69, 9.17) is 4.74 Å². The Morgan fingerprint density at radius 2 is 1.86 bits per heavy atom. The molecule has 1 heterocycles. The maximum atomic E-state index is 13.0. The SMILES string of the molecule is CCc1cccc(CC)c1NC(=O)C1CC(=O)N(c2cc(C)ccc2OC)C1. The van der Waals surface area contributed by atoms with Crippen LogP contribution in [-0.4, -0.2) is 25.5 Å². The van der Waals surface area contributed by atoms with Gasteiger partial charge in [-0.3, -0.25) is 9.59 Å². The Bertz CT molecular complexity index is 869. The number of para-hydroxylation sites is 1. The Labute approximate surface area is 166 Å². The number of anilines is 2. The normalized spacial score (nSPS) is 16.4. The fourth-order valence-corrected chi connectivity index (χ4v) is 3.76. The molecule has 0 bridgehead atoms. The third-order valence-corrected chi connectivity index (χ3v) is 5.37. The van der Waals surface area contributed by atoms with E-state index in [1.807, 2.05) is 43.3 Å². The van der Waals surface area contributed by atoms with Gasteiger partial charge in [0.15, 0.2) is 0 Å². The molecule has 1 aliphatic heterocycles. The lowest BCUT2D eigenvalue weighted by molar-refractivity contribution is -0.122. The first kappa shape index (κ1) is 19.9. The molecule has 0 radical (unpaired) electrons. The van der Waals surface area contributed by atoms with Gasteiger partial charge in [0.2, 0.25) is 11.8 Å². The number of benzene rings is 2. The van der Waals surface area contributed by atoms with E-state index in [1.54, 1.807) is 12.0 Å². The van der Waals surface area contributed by atoms with Crippen molar-refractivity contribution in [1.82, 2.24) is 0 Å². The largest absolute Gasteiger partial charge is 0.495 e. The zero-order valence-electron chi connectivity index (χ0n) is 17.0. The summed E-state index contributed by atoms with van der Waals surface area (Å²) in [7, 11) is 1.59. The first-order valence-electron chi connectivity index (χ1n) is 9.85. The quantitative estimate of drug-likeness (QED) is 0.820. The second-order valence-corrected chi connectivity index (χ2v) is 7.23. The van der Waals surface area contributed by atoms with E-state index in [2.05, 4.69) is 19.2 Å². The molecule has 1 saturated heterocycles. The minimum Gasteiger partial charge on any atom is -0.495 e. The molecule has 28 heavy (non-hydrogen) atoms. The van der Waals surface area contributed by atoms with Gasteiger partial charge in [0.1, 0.15) is 5.75 Å². The van der Waals surface area contributed by atoms with Crippen molar-refractivity contribution < 1.29 is 14.3 Å². The maximum Gasteiger partial charge on any atom is 0.229 e. The summed E-state index contributed by atoms with van der Waals surface area (Å²) in [6.45, 7) is 6.49. The number of nitrogens with one attached hydrogen (secondary N) is 1. The molecule has 148 valence electrons. The molecular weight excluding hydrogens is 352 g/mol. The van der Waals surface area contributed by atoms with Crippen LogP contribution in [0.25, 0.3) is 0 Å². The number of amides is 2. The van der Waals surface area contributed by atoms with Crippen LogP contribution in [0.5, 0.6) is 5.75 Å². The van der Waals surface area contributed by atoms with Crippen LogP contribution in [0.4, 0.5) is 11.4 Å². The molecule has 2 amide bonds. The van der Waals surface area contributed by atoms with Gasteiger partial charge in [0.05, 0.1) is 18.7 Å². The van der Waals surface area contributed by atoms with Crippen LogP contribution in [-0.2, 0) is 22.4 Å². The summed E-state index contributed by atoms with van der Waals surface area (Å²) >= 11 is 0. The van der Waals surface area contributed by atoms with Gasteiger partial charge >= 0.3 is 0 Å². The predicted octanol–water partition coefficient (Wildman–Crippen LogP) is 4.12. The van der Waals surface area contributed by atoms with E-state index in [-0.39, 0.29) is 24.2 Å². The molecule has 1 N–H and O–H groups in total. The van der Waals surface area contributed by atoms with Gasteiger partial charge < -0.3 is 15.0 Å². The third-order valence-electron chi connectivity index (χ3n) is 5.37. The molecule has 0 saturated carbocycles. The van der Waals surface area contributed by atoms with E-state index in [9.17, 15) is 9.59 Å². The highest BCUT2D eigenvalue weighted by molar-refractivity contribution is 6.04. The standard InChI is InChI=1S/C23H28N2O3/c1-5-16-8-7-9-17(6-2)22(16)24-23(27)18-13-21(26)25(14-18)19-12-15(3)10-11-20(19)28-4/h7-12,18H,5-6,13-14H2,1-4H3,(H,24,27). The monoisotopic (exact) mass is 380 g/mol. The van der Waals surface area contributed by atoms with Crippen molar-refractivity contribution >= 4 is 23.2 Å². The highest BCUT2D eigenvalue weighted by Gasteiger charge is 2.36. The van der Waals surface area contributed by atoms with Crippen LogP contribution in [0.1, 0.15) is 37.0 Å². The first-order chi connectivity index (χ1) is 13.5. The van der Waals surface area contributed by atoms with E-state index in [1.165, 1.54) is 0 Å². The Hall–Kier alpha value is -2.82. The van der Waals surface area contributed by atoms with E-state index < -0.39 is 0 Å². The minimum atomic E-state index is -0.382. The summed E-state index contributed by atoms with van der Waals surface area (Å²) in [4.78, 5) is 27.3. The van der Waals surface area contributed by atoms with Crippen molar-refractivity contribution in [2.45, 2.75) is 40.0 Å². The molecule has 0 spiro atoms. The second kappa shape index (κ2) is 8.46. The molecular formula is C23H28N2O3. The van der Waals surface area contributed by atoms with Crippen LogP contribution in [0, 0.1) is 12.8 Å². The zero-order valence-corrected chi connectivity index (χ0v) is 17.0. The molecule has 5 heteroatoms. The van der Waals surface area contributed by atoms with Crippen molar-refractivity contribution in [3.05, 3.63) is 53.1 Å². The van der Waals surface area contributed by atoms with E-state index in [0.717, 1.165) is 40.9 Å². The number of ether oxygens (including phenoxy) is 1. The average Bonchev–Trinajstić information content (AvgIpc) is 3.09. The Morgan fingerprint density at radius 3 is 2.46 bits per heavy atom. The fourth-order valence-electron chi connectivity index (χ4n) is 3.76. The van der Waals surface area contributed by atoms with E-state index in [0.29, 0.717) is 12.3 Å². The van der Waals surface area contributed by atoms with Gasteiger partial charge in [-0.15, -0.1) is 0 Å². The van der Waals surface area contributed by atoms with Crippen LogP contribution in [0.3, 0.4) is 0 Å². The Balaban J connectivity index is 1.81. The third kappa shape index (κ3) is 3.88. The van der Waals surface area contributed by atoms with Gasteiger partial charge in [0.25, 0.3) is 0 Å². The molecule has 3 rings (SSSR count). The zero-order chi connectivity index (χ0) is 20.3. The molecule has 0 aliphatic carbocycles. The topological polar surface area (TPSA) is 58.6 Å². The van der Waals surface area contributed by atoms with Crippen molar-refractivity contribution in [3.63, 3.8) is 0 Å². The summed E-state index contributed by atoms with van der Waals surface area (Å²) < 4.78 is 5.42. The summed E-state index contributed by atoms with van der Waals surface area (Å²) in [5.74, 6) is 0.110. The van der Waals surface area contributed by atoms with Crippen LogP contribution in [0.2, 0.25) is 0 Å². The lowest BCUT2D eigenvalue weighted by Crippen LogP contribution is -2.29. The highest BCUT2D eigenvalue weighted by Crippen LogP contribution is 2.34. The van der Waals surface area contributed by atoms with Gasteiger partial charge in [-0.2, -0.15) is 0 Å². The van der Waals surface area contributed by atoms with Crippen molar-refractivity contribution in [1.29, 1.82) is 0 Å². The number of hydrogen-bond donors (Lipinski definition) is 1. The number of carbonyl (C=O) groups is 2. The van der Waals surface area contributed by atoms with Crippen LogP contribution >= 0.6 is 0 Å². The second-order valence-electron chi connectivity index (χ2n) is 7.23. The molecule has 1 fully saturated rings. The van der Waals surface area contributed by atoms with Gasteiger partial charge in [0, 0.05) is 18.7 Å². The maximum absolute atomic E-state index is 13.0. The van der Waals surface area contributed by atoms with Crippen molar-refractivity contribution in [2.24, 2.45) is 5.92 Å². The summed E-state index contributed by atoms with van der Waals surface area (Å²) in [6, 6.07) is 11.8. The Morgan fingerprint density at radius 1 is 1.18 bits per heavy atom. The molecule has 1 atom stereocenters. The van der Waals surface area contributed by atoms with Gasteiger partial charge in [-0.25, -0.2) is 0 Å². The summed E-state index contributed by atoms with van der Waals surface area (Å²) in [5, 5.41) is 3.11. The molecule has 1 aliphatic rings. The minimum absolute atomic E-state index is 0.0523. The van der Waals surface area contributed by atoms with Crippen LogP contribution < -0.4 is 15.0 Å². The number of rotatable bonds is 6. The number of methoxy groups -OCH3 is 1. The molecule has 0 aromatic heterocycles. The average molecular weight is 380 g/mol. The number of hydrogen-bond acceptors (Lipinski definition) is 3. The number of nitrogens with zero attached hydrogens (tertiary/aromatic N) is 1. The van der Waals surface area contributed by atoms with E-state index >= 15 is 0 Å². The number of carbonyl (C=O) groups excluding carboxylic acids is 2.